The zero-order valence-electron chi connectivity index (χ0n) is 5.13. The standard InChI is InChI=1S/C4H8N2O4/c7-3(1-6-10)5-2-4(8)9/h6,10H,1-2H2,(H,5,7)(H,8,9). The molecule has 0 unspecified atom stereocenters. The van der Waals surface area contributed by atoms with E-state index >= 15 is 0 Å². The van der Waals surface area contributed by atoms with Crippen molar-refractivity contribution in [3.05, 3.63) is 0 Å². The van der Waals surface area contributed by atoms with E-state index in [-0.39, 0.29) is 6.54 Å². The minimum Gasteiger partial charge on any atom is -0.480 e. The monoisotopic (exact) mass is 148 g/mol. The highest BCUT2D eigenvalue weighted by atomic mass is 16.5. The first kappa shape index (κ1) is 8.86. The summed E-state index contributed by atoms with van der Waals surface area (Å²) < 4.78 is 0. The van der Waals surface area contributed by atoms with Gasteiger partial charge in [0.2, 0.25) is 5.91 Å². The van der Waals surface area contributed by atoms with Gasteiger partial charge in [0.15, 0.2) is 0 Å². The molecule has 58 valence electrons. The summed E-state index contributed by atoms with van der Waals surface area (Å²) in [6, 6.07) is 0. The van der Waals surface area contributed by atoms with Crippen LogP contribution >= 0.6 is 0 Å². The first-order valence-corrected chi connectivity index (χ1v) is 2.52. The van der Waals surface area contributed by atoms with Gasteiger partial charge in [0.05, 0.1) is 6.54 Å². The van der Waals surface area contributed by atoms with E-state index in [1.54, 1.807) is 5.48 Å². The highest BCUT2D eigenvalue weighted by Gasteiger charge is 2.00. The summed E-state index contributed by atoms with van der Waals surface area (Å²) in [7, 11) is 0. The van der Waals surface area contributed by atoms with Gasteiger partial charge in [-0.3, -0.25) is 9.59 Å². The highest BCUT2D eigenvalue weighted by Crippen LogP contribution is 1.62. The molecule has 6 nitrogen and oxygen atoms in total. The number of carbonyl (C=O) groups is 2. The minimum absolute atomic E-state index is 0.298. The quantitative estimate of drug-likeness (QED) is 0.351. The van der Waals surface area contributed by atoms with Gasteiger partial charge in [0.25, 0.3) is 0 Å². The zero-order valence-corrected chi connectivity index (χ0v) is 5.13. The van der Waals surface area contributed by atoms with Gasteiger partial charge in [-0.1, -0.05) is 0 Å². The van der Waals surface area contributed by atoms with Gasteiger partial charge in [-0.2, -0.15) is 5.48 Å². The van der Waals surface area contributed by atoms with Gasteiger partial charge in [0.1, 0.15) is 6.54 Å². The number of carboxylic acid groups (broad SMARTS) is 1. The third kappa shape index (κ3) is 5.01. The molecule has 0 saturated carbocycles. The van der Waals surface area contributed by atoms with Gasteiger partial charge < -0.3 is 15.6 Å². The van der Waals surface area contributed by atoms with Crippen molar-refractivity contribution in [2.75, 3.05) is 13.1 Å². The van der Waals surface area contributed by atoms with Crippen molar-refractivity contribution in [1.82, 2.24) is 10.8 Å². The van der Waals surface area contributed by atoms with E-state index in [0.717, 1.165) is 0 Å². The second kappa shape index (κ2) is 4.71. The Kier molecular flexibility index (Phi) is 4.17. The molecule has 1 amide bonds. The van der Waals surface area contributed by atoms with E-state index in [1.807, 2.05) is 5.32 Å². The zero-order chi connectivity index (χ0) is 7.98. The molecule has 4 N–H and O–H groups in total. The van der Waals surface area contributed by atoms with Crippen molar-refractivity contribution in [3.8, 4) is 0 Å². The number of nitrogens with one attached hydrogen (secondary N) is 2. The molecular weight excluding hydrogens is 140 g/mol. The summed E-state index contributed by atoms with van der Waals surface area (Å²) in [5.74, 6) is -1.68. The van der Waals surface area contributed by atoms with Gasteiger partial charge in [-0.05, 0) is 0 Å². The van der Waals surface area contributed by atoms with Gasteiger partial charge in [0, 0.05) is 0 Å². The Morgan fingerprint density at radius 2 is 1.90 bits per heavy atom. The van der Waals surface area contributed by atoms with E-state index in [0.29, 0.717) is 0 Å². The smallest absolute Gasteiger partial charge is 0.322 e. The van der Waals surface area contributed by atoms with Crippen LogP contribution in [0.5, 0.6) is 0 Å². The third-order valence-electron chi connectivity index (χ3n) is 0.676. The molecule has 6 heteroatoms. The van der Waals surface area contributed by atoms with E-state index in [1.165, 1.54) is 0 Å². The molecule has 0 aliphatic rings. The van der Waals surface area contributed by atoms with Crippen LogP contribution in [-0.2, 0) is 9.59 Å². The van der Waals surface area contributed by atoms with Crippen LogP contribution in [0.15, 0.2) is 0 Å². The van der Waals surface area contributed by atoms with Crippen LogP contribution in [0, 0.1) is 0 Å². The van der Waals surface area contributed by atoms with Crippen molar-refractivity contribution in [3.63, 3.8) is 0 Å². The summed E-state index contributed by atoms with van der Waals surface area (Å²) in [6.45, 7) is -0.728. The second-order valence-corrected chi connectivity index (χ2v) is 1.51. The van der Waals surface area contributed by atoms with E-state index in [9.17, 15) is 9.59 Å². The molecular formula is C4H8N2O4. The molecule has 0 aliphatic heterocycles. The fourth-order valence-corrected chi connectivity index (χ4v) is 0.309. The Hall–Kier alpha value is -1.14. The molecule has 0 saturated heterocycles. The SMILES string of the molecule is O=C(O)CNC(=O)CNO. The predicted octanol–water partition coefficient (Wildman–Crippen LogP) is -1.83. The van der Waals surface area contributed by atoms with Crippen LogP contribution < -0.4 is 10.8 Å². The minimum atomic E-state index is -1.12. The van der Waals surface area contributed by atoms with Crippen LogP contribution in [-0.4, -0.2) is 35.3 Å². The van der Waals surface area contributed by atoms with E-state index in [2.05, 4.69) is 0 Å². The summed E-state index contributed by atoms with van der Waals surface area (Å²) in [4.78, 5) is 20.2. The molecule has 0 bridgehead atoms. The van der Waals surface area contributed by atoms with Crippen LogP contribution in [0.4, 0.5) is 0 Å². The molecule has 0 radical (unpaired) electrons. The van der Waals surface area contributed by atoms with Crippen LogP contribution in [0.25, 0.3) is 0 Å². The topological polar surface area (TPSA) is 98.7 Å². The molecule has 0 fully saturated rings. The van der Waals surface area contributed by atoms with Gasteiger partial charge in [-0.15, -0.1) is 0 Å². The Morgan fingerprint density at radius 1 is 1.30 bits per heavy atom. The summed E-state index contributed by atoms with van der Waals surface area (Å²) >= 11 is 0. The van der Waals surface area contributed by atoms with Crippen molar-refractivity contribution in [2.45, 2.75) is 0 Å². The number of hydroxylamine groups is 1. The number of aliphatic carboxylic acids is 1. The largest absolute Gasteiger partial charge is 0.480 e. The van der Waals surface area contributed by atoms with Crippen LogP contribution in [0.3, 0.4) is 0 Å². The highest BCUT2D eigenvalue weighted by molar-refractivity contribution is 5.82. The van der Waals surface area contributed by atoms with Gasteiger partial charge in [-0.25, -0.2) is 0 Å². The van der Waals surface area contributed by atoms with Crippen molar-refractivity contribution < 1.29 is 19.9 Å². The fraction of sp³-hybridized carbons (Fsp3) is 0.500. The number of hydrogen-bond acceptors (Lipinski definition) is 4. The fourth-order valence-electron chi connectivity index (χ4n) is 0.309. The average molecular weight is 148 g/mol. The summed E-state index contributed by atoms with van der Waals surface area (Å²) in [6.07, 6.45) is 0. The van der Waals surface area contributed by atoms with Crippen molar-refractivity contribution in [2.24, 2.45) is 0 Å². The maximum Gasteiger partial charge on any atom is 0.322 e. The molecule has 0 aromatic carbocycles. The molecule has 10 heavy (non-hydrogen) atoms. The molecule has 0 atom stereocenters. The molecule has 0 aromatic heterocycles. The Morgan fingerprint density at radius 3 is 2.30 bits per heavy atom. The molecule has 0 rings (SSSR count). The maximum atomic E-state index is 10.4. The molecule has 0 aliphatic carbocycles. The van der Waals surface area contributed by atoms with E-state index < -0.39 is 18.4 Å². The Labute approximate surface area is 56.8 Å². The number of amides is 1. The van der Waals surface area contributed by atoms with E-state index in [4.69, 9.17) is 10.3 Å². The van der Waals surface area contributed by atoms with Crippen molar-refractivity contribution in [1.29, 1.82) is 0 Å². The Balaban J connectivity index is 3.30. The third-order valence-corrected chi connectivity index (χ3v) is 0.676. The predicted molar refractivity (Wildman–Crippen MR) is 30.4 cm³/mol. The lowest BCUT2D eigenvalue weighted by Crippen LogP contribution is -2.35. The summed E-state index contributed by atoms with van der Waals surface area (Å²) in [5.41, 5.74) is 1.59. The number of carboxylic acids is 1. The molecule has 0 aromatic rings. The Bertz CT molecular complexity index is 135. The molecule has 0 spiro atoms. The van der Waals surface area contributed by atoms with Crippen LogP contribution in [0.1, 0.15) is 0 Å². The van der Waals surface area contributed by atoms with Gasteiger partial charge >= 0.3 is 5.97 Å². The molecule has 0 heterocycles. The average Bonchev–Trinajstić information content (AvgIpc) is 1.85. The van der Waals surface area contributed by atoms with Crippen molar-refractivity contribution >= 4 is 11.9 Å². The summed E-state index contributed by atoms with van der Waals surface area (Å²) in [5, 5.41) is 18.0. The van der Waals surface area contributed by atoms with Crippen LogP contribution in [0.2, 0.25) is 0 Å². The maximum absolute atomic E-state index is 10.4. The normalized spacial score (nSPS) is 8.90. The first-order chi connectivity index (χ1) is 4.66. The lowest BCUT2D eigenvalue weighted by Gasteiger charge is -1.98. The lowest BCUT2D eigenvalue weighted by atomic mass is 10.5. The second-order valence-electron chi connectivity index (χ2n) is 1.51. The number of carbonyl (C=O) groups excluding carboxylic acids is 1. The first-order valence-electron chi connectivity index (χ1n) is 2.52. The number of rotatable bonds is 4. The number of hydrogen-bond donors (Lipinski definition) is 4. The lowest BCUT2D eigenvalue weighted by molar-refractivity contribution is -0.138.